The van der Waals surface area contributed by atoms with Gasteiger partial charge in [0.25, 0.3) is 5.91 Å². The Balaban J connectivity index is 1.79. The molecule has 3 amide bonds. The molecule has 1 aliphatic heterocycles. The van der Waals surface area contributed by atoms with Crippen LogP contribution in [0.4, 0.5) is 4.79 Å². The first kappa shape index (κ1) is 19.8. The number of rotatable bonds is 3. The number of amides is 3. The second-order valence-corrected chi connectivity index (χ2v) is 7.36. The van der Waals surface area contributed by atoms with E-state index in [0.29, 0.717) is 43.3 Å². The number of ether oxygens (including phenoxy) is 1. The molecule has 1 saturated heterocycles. The van der Waals surface area contributed by atoms with Gasteiger partial charge in [0, 0.05) is 26.2 Å². The molecule has 8 heteroatoms. The van der Waals surface area contributed by atoms with Crippen molar-refractivity contribution in [2.45, 2.75) is 40.2 Å². The Morgan fingerprint density at radius 2 is 1.69 bits per heavy atom. The lowest BCUT2D eigenvalue weighted by atomic mass is 10.2. The van der Waals surface area contributed by atoms with Gasteiger partial charge in [-0.15, -0.1) is 0 Å². The second kappa shape index (κ2) is 7.80. The van der Waals surface area contributed by atoms with Gasteiger partial charge in [-0.3, -0.25) is 9.59 Å². The van der Waals surface area contributed by atoms with E-state index in [-0.39, 0.29) is 24.5 Å². The fourth-order valence-electron chi connectivity index (χ4n) is 2.68. The van der Waals surface area contributed by atoms with Crippen LogP contribution in [0.1, 0.15) is 42.6 Å². The van der Waals surface area contributed by atoms with E-state index in [0.717, 1.165) is 0 Å². The Morgan fingerprint density at radius 3 is 2.19 bits per heavy atom. The summed E-state index contributed by atoms with van der Waals surface area (Å²) < 4.78 is 10.7. The van der Waals surface area contributed by atoms with E-state index in [2.05, 4.69) is 5.32 Å². The summed E-state index contributed by atoms with van der Waals surface area (Å²) in [5.41, 5.74) is -0.109. The molecule has 0 bridgehead atoms. The van der Waals surface area contributed by atoms with Gasteiger partial charge in [0.15, 0.2) is 0 Å². The molecule has 0 aromatic carbocycles. The van der Waals surface area contributed by atoms with Gasteiger partial charge in [-0.05, 0) is 40.7 Å². The lowest BCUT2D eigenvalue weighted by Crippen LogP contribution is -2.53. The van der Waals surface area contributed by atoms with Crippen molar-refractivity contribution in [1.82, 2.24) is 15.1 Å². The van der Waals surface area contributed by atoms with Crippen molar-refractivity contribution in [3.63, 3.8) is 0 Å². The molecule has 2 rings (SSSR count). The van der Waals surface area contributed by atoms with Crippen molar-refractivity contribution in [2.24, 2.45) is 0 Å². The van der Waals surface area contributed by atoms with Crippen LogP contribution in [0.5, 0.6) is 0 Å². The van der Waals surface area contributed by atoms with Crippen LogP contribution in [-0.4, -0.2) is 66.0 Å². The number of hydrogen-bond donors (Lipinski definition) is 1. The molecule has 1 aromatic heterocycles. The van der Waals surface area contributed by atoms with Crippen LogP contribution < -0.4 is 5.32 Å². The molecular weight excluding hydrogens is 338 g/mol. The maximum absolute atomic E-state index is 12.3. The first-order valence-corrected chi connectivity index (χ1v) is 8.68. The Kier molecular flexibility index (Phi) is 5.94. The number of carbonyl (C=O) groups excluding carboxylic acids is 3. The maximum Gasteiger partial charge on any atom is 0.410 e. The average Bonchev–Trinajstić information content (AvgIpc) is 2.89. The highest BCUT2D eigenvalue weighted by Gasteiger charge is 2.27. The summed E-state index contributed by atoms with van der Waals surface area (Å²) in [6.45, 7) is 10.5. The number of carbonyl (C=O) groups is 3. The standard InChI is InChI=1S/C18H27N3O5/c1-12-10-14(13(2)25-12)16(23)19-11-15(22)20-6-8-21(9-7-20)17(24)26-18(3,4)5/h10H,6-9,11H2,1-5H3,(H,19,23). The molecule has 1 fully saturated rings. The lowest BCUT2D eigenvalue weighted by molar-refractivity contribution is -0.131. The summed E-state index contributed by atoms with van der Waals surface area (Å²) >= 11 is 0. The summed E-state index contributed by atoms with van der Waals surface area (Å²) in [5, 5.41) is 2.62. The zero-order valence-corrected chi connectivity index (χ0v) is 16.0. The first-order chi connectivity index (χ1) is 12.1. The molecule has 0 saturated carbocycles. The number of nitrogens with one attached hydrogen (secondary N) is 1. The van der Waals surface area contributed by atoms with Gasteiger partial charge in [0.1, 0.15) is 17.1 Å². The molecule has 0 spiro atoms. The van der Waals surface area contributed by atoms with Crippen molar-refractivity contribution < 1.29 is 23.5 Å². The van der Waals surface area contributed by atoms with Crippen LogP contribution in [0, 0.1) is 13.8 Å². The molecular formula is C18H27N3O5. The van der Waals surface area contributed by atoms with Crippen molar-refractivity contribution >= 4 is 17.9 Å². The van der Waals surface area contributed by atoms with Gasteiger partial charge in [0.05, 0.1) is 12.1 Å². The third-order valence-corrected chi connectivity index (χ3v) is 3.97. The van der Waals surface area contributed by atoms with Gasteiger partial charge in [0.2, 0.25) is 5.91 Å². The van der Waals surface area contributed by atoms with Gasteiger partial charge in [-0.1, -0.05) is 0 Å². The van der Waals surface area contributed by atoms with Gasteiger partial charge < -0.3 is 24.3 Å². The van der Waals surface area contributed by atoms with Crippen LogP contribution in [-0.2, 0) is 9.53 Å². The minimum atomic E-state index is -0.544. The van der Waals surface area contributed by atoms with E-state index in [1.165, 1.54) is 0 Å². The smallest absolute Gasteiger partial charge is 0.410 e. The normalized spacial score (nSPS) is 15.0. The van der Waals surface area contributed by atoms with Crippen LogP contribution in [0.25, 0.3) is 0 Å². The summed E-state index contributed by atoms with van der Waals surface area (Å²) in [6, 6.07) is 1.65. The fraction of sp³-hybridized carbons (Fsp3) is 0.611. The molecule has 0 radical (unpaired) electrons. The highest BCUT2D eigenvalue weighted by molar-refractivity contribution is 5.97. The summed E-state index contributed by atoms with van der Waals surface area (Å²) in [4.78, 5) is 39.7. The highest BCUT2D eigenvalue weighted by Crippen LogP contribution is 2.14. The molecule has 0 unspecified atom stereocenters. The number of hydrogen-bond acceptors (Lipinski definition) is 5. The Hall–Kier alpha value is -2.51. The van der Waals surface area contributed by atoms with Gasteiger partial charge >= 0.3 is 6.09 Å². The zero-order chi connectivity index (χ0) is 19.5. The fourth-order valence-corrected chi connectivity index (χ4v) is 2.68. The topological polar surface area (TPSA) is 92.1 Å². The van der Waals surface area contributed by atoms with Gasteiger partial charge in [-0.2, -0.15) is 0 Å². The highest BCUT2D eigenvalue weighted by atomic mass is 16.6. The predicted molar refractivity (Wildman–Crippen MR) is 94.9 cm³/mol. The summed E-state index contributed by atoms with van der Waals surface area (Å²) in [6.07, 6.45) is -0.372. The minimum absolute atomic E-state index is 0.0884. The lowest BCUT2D eigenvalue weighted by Gasteiger charge is -2.35. The van der Waals surface area contributed by atoms with E-state index < -0.39 is 5.60 Å². The summed E-state index contributed by atoms with van der Waals surface area (Å²) in [5.74, 6) is 0.663. The molecule has 0 aliphatic carbocycles. The van der Waals surface area contributed by atoms with Gasteiger partial charge in [-0.25, -0.2) is 4.79 Å². The van der Waals surface area contributed by atoms with E-state index in [1.54, 1.807) is 29.7 Å². The maximum atomic E-state index is 12.3. The van der Waals surface area contributed by atoms with Crippen molar-refractivity contribution in [1.29, 1.82) is 0 Å². The molecule has 2 heterocycles. The Bertz CT molecular complexity index is 681. The largest absolute Gasteiger partial charge is 0.466 e. The molecule has 26 heavy (non-hydrogen) atoms. The average molecular weight is 365 g/mol. The molecule has 1 aliphatic rings. The van der Waals surface area contributed by atoms with E-state index >= 15 is 0 Å². The van der Waals surface area contributed by atoms with E-state index in [9.17, 15) is 14.4 Å². The molecule has 1 aromatic rings. The molecule has 8 nitrogen and oxygen atoms in total. The molecule has 144 valence electrons. The Morgan fingerprint density at radius 1 is 1.12 bits per heavy atom. The van der Waals surface area contributed by atoms with Crippen LogP contribution in [0.15, 0.2) is 10.5 Å². The number of aryl methyl sites for hydroxylation is 2. The monoisotopic (exact) mass is 365 g/mol. The SMILES string of the molecule is Cc1cc(C(=O)NCC(=O)N2CCN(C(=O)OC(C)(C)C)CC2)c(C)o1. The molecule has 1 N–H and O–H groups in total. The third-order valence-electron chi connectivity index (χ3n) is 3.97. The van der Waals surface area contributed by atoms with Crippen molar-refractivity contribution in [2.75, 3.05) is 32.7 Å². The number of nitrogens with zero attached hydrogens (tertiary/aromatic N) is 2. The van der Waals surface area contributed by atoms with Crippen LogP contribution in [0.2, 0.25) is 0 Å². The third kappa shape index (κ3) is 5.24. The molecule has 0 atom stereocenters. The quantitative estimate of drug-likeness (QED) is 0.880. The van der Waals surface area contributed by atoms with E-state index in [1.807, 2.05) is 20.8 Å². The minimum Gasteiger partial charge on any atom is -0.466 e. The van der Waals surface area contributed by atoms with Crippen LogP contribution >= 0.6 is 0 Å². The number of furan rings is 1. The zero-order valence-electron chi connectivity index (χ0n) is 16.0. The predicted octanol–water partition coefficient (Wildman–Crippen LogP) is 1.71. The number of piperazine rings is 1. The first-order valence-electron chi connectivity index (χ1n) is 8.68. The Labute approximate surface area is 153 Å². The van der Waals surface area contributed by atoms with Crippen LogP contribution in [0.3, 0.4) is 0 Å². The van der Waals surface area contributed by atoms with E-state index in [4.69, 9.17) is 9.15 Å². The second-order valence-electron chi connectivity index (χ2n) is 7.36. The summed E-state index contributed by atoms with van der Waals surface area (Å²) in [7, 11) is 0. The van der Waals surface area contributed by atoms with Crippen molar-refractivity contribution in [3.05, 3.63) is 23.2 Å². The van der Waals surface area contributed by atoms with Crippen molar-refractivity contribution in [3.8, 4) is 0 Å².